The molecule has 3 aromatic rings. The normalized spacial score (nSPS) is 14.2. The molecule has 0 saturated carbocycles. The molecule has 0 bridgehead atoms. The van der Waals surface area contributed by atoms with Gasteiger partial charge >= 0.3 is 6.09 Å². The first-order valence-electron chi connectivity index (χ1n) is 14.2. The Balaban J connectivity index is 1.84. The van der Waals surface area contributed by atoms with Crippen LogP contribution in [0.1, 0.15) is 57.4 Å². The van der Waals surface area contributed by atoms with Gasteiger partial charge in [0.05, 0.1) is 27.7 Å². The number of amides is 2. The summed E-state index contributed by atoms with van der Waals surface area (Å²) < 4.78 is 20.5. The van der Waals surface area contributed by atoms with E-state index in [1.54, 1.807) is 42.4 Å². The third-order valence-electron chi connectivity index (χ3n) is 7.04. The van der Waals surface area contributed by atoms with Crippen LogP contribution in [0.25, 0.3) is 11.3 Å². The summed E-state index contributed by atoms with van der Waals surface area (Å²) in [6.07, 6.45) is 2.03. The Morgan fingerprint density at radius 3 is 2.37 bits per heavy atom. The summed E-state index contributed by atoms with van der Waals surface area (Å²) in [5.74, 6) is 0.286. The SMILES string of the molecule is CN=C(c1cc(Cl)c(-c2ccccc2F)nc1N(C=O)c1c(C)ccnc1C(C)C)N1CCN(C(=O)OC(C)(C)C)CC1. The topological polar surface area (TPSA) is 91.2 Å². The molecule has 228 valence electrons. The van der Waals surface area contributed by atoms with E-state index in [0.29, 0.717) is 55.4 Å². The van der Waals surface area contributed by atoms with E-state index in [1.807, 2.05) is 52.5 Å². The summed E-state index contributed by atoms with van der Waals surface area (Å²) in [4.78, 5) is 44.8. The minimum atomic E-state index is -0.598. The second kappa shape index (κ2) is 13.1. The number of benzene rings is 1. The van der Waals surface area contributed by atoms with Crippen LogP contribution in [0, 0.1) is 12.7 Å². The van der Waals surface area contributed by atoms with Crippen molar-refractivity contribution >= 4 is 41.4 Å². The first-order valence-corrected chi connectivity index (χ1v) is 14.6. The molecule has 0 N–H and O–H groups in total. The van der Waals surface area contributed by atoms with Gasteiger partial charge in [-0.3, -0.25) is 19.7 Å². The molecule has 9 nitrogen and oxygen atoms in total. The Morgan fingerprint density at radius 2 is 1.79 bits per heavy atom. The van der Waals surface area contributed by atoms with Crippen molar-refractivity contribution in [2.24, 2.45) is 4.99 Å². The molecule has 3 heterocycles. The maximum atomic E-state index is 15.0. The van der Waals surface area contributed by atoms with Gasteiger partial charge < -0.3 is 14.5 Å². The van der Waals surface area contributed by atoms with E-state index in [0.717, 1.165) is 5.56 Å². The molecule has 0 atom stereocenters. The molecule has 0 aliphatic carbocycles. The number of piperazine rings is 1. The predicted octanol–water partition coefficient (Wildman–Crippen LogP) is 6.59. The fraction of sp³-hybridized carbons (Fsp3) is 0.406. The van der Waals surface area contributed by atoms with Crippen LogP contribution in [-0.4, -0.2) is 76.9 Å². The molecule has 1 aromatic carbocycles. The summed E-state index contributed by atoms with van der Waals surface area (Å²) in [5.41, 5.74) is 2.42. The molecule has 2 aromatic heterocycles. The number of carbonyl (C=O) groups excluding carboxylic acids is 2. The molecule has 0 radical (unpaired) electrons. The maximum Gasteiger partial charge on any atom is 0.410 e. The van der Waals surface area contributed by atoms with Crippen LogP contribution in [0.5, 0.6) is 0 Å². The quantitative estimate of drug-likeness (QED) is 0.178. The number of aliphatic imine (C=N–C) groups is 1. The van der Waals surface area contributed by atoms with Crippen molar-refractivity contribution in [3.05, 3.63) is 70.3 Å². The van der Waals surface area contributed by atoms with Gasteiger partial charge in [0.2, 0.25) is 6.41 Å². The number of carbonyl (C=O) groups is 2. The summed E-state index contributed by atoms with van der Waals surface area (Å²) >= 11 is 6.79. The van der Waals surface area contributed by atoms with Gasteiger partial charge in [0.15, 0.2) is 5.82 Å². The molecule has 0 unspecified atom stereocenters. The molecule has 1 aliphatic heterocycles. The van der Waals surface area contributed by atoms with E-state index in [1.165, 1.54) is 11.0 Å². The van der Waals surface area contributed by atoms with Gasteiger partial charge in [-0.25, -0.2) is 14.2 Å². The molecule has 11 heteroatoms. The fourth-order valence-corrected chi connectivity index (χ4v) is 5.30. The first kappa shape index (κ1) is 31.9. The minimum Gasteiger partial charge on any atom is -0.444 e. The second-order valence-corrected chi connectivity index (χ2v) is 12.1. The largest absolute Gasteiger partial charge is 0.444 e. The Bertz CT molecular complexity index is 1530. The summed E-state index contributed by atoms with van der Waals surface area (Å²) in [5, 5.41) is 0.204. The van der Waals surface area contributed by atoms with Crippen molar-refractivity contribution in [3.63, 3.8) is 0 Å². The van der Waals surface area contributed by atoms with Crippen LogP contribution in [0.15, 0.2) is 47.6 Å². The number of amidine groups is 1. The van der Waals surface area contributed by atoms with E-state index in [-0.39, 0.29) is 34.1 Å². The average Bonchev–Trinajstić information content (AvgIpc) is 2.95. The van der Waals surface area contributed by atoms with Gasteiger partial charge in [0, 0.05) is 45.0 Å². The molecule has 4 rings (SSSR count). The number of nitrogens with zero attached hydrogens (tertiary/aromatic N) is 6. The lowest BCUT2D eigenvalue weighted by Crippen LogP contribution is -2.52. The molecular weight excluding hydrogens is 571 g/mol. The molecule has 2 amide bonds. The van der Waals surface area contributed by atoms with Gasteiger partial charge in [-0.2, -0.15) is 0 Å². The smallest absolute Gasteiger partial charge is 0.410 e. The lowest BCUT2D eigenvalue weighted by molar-refractivity contribution is -0.106. The van der Waals surface area contributed by atoms with Crippen LogP contribution in [-0.2, 0) is 9.53 Å². The average molecular weight is 609 g/mol. The van der Waals surface area contributed by atoms with Gasteiger partial charge in [-0.05, 0) is 63.4 Å². The van der Waals surface area contributed by atoms with Crippen LogP contribution in [0.4, 0.5) is 20.7 Å². The fourth-order valence-electron chi connectivity index (χ4n) is 5.04. The van der Waals surface area contributed by atoms with Crippen LogP contribution < -0.4 is 4.90 Å². The maximum absolute atomic E-state index is 15.0. The van der Waals surface area contributed by atoms with Crippen molar-refractivity contribution in [2.45, 2.75) is 53.1 Å². The Morgan fingerprint density at radius 1 is 1.14 bits per heavy atom. The monoisotopic (exact) mass is 608 g/mol. The molecular formula is C32H38ClFN6O3. The van der Waals surface area contributed by atoms with E-state index >= 15 is 0 Å². The van der Waals surface area contributed by atoms with E-state index in [9.17, 15) is 14.0 Å². The summed E-state index contributed by atoms with van der Waals surface area (Å²) in [6.45, 7) is 13.1. The minimum absolute atomic E-state index is 0.000572. The summed E-state index contributed by atoms with van der Waals surface area (Å²) in [6, 6.07) is 9.72. The second-order valence-electron chi connectivity index (χ2n) is 11.7. The molecule has 1 aliphatic rings. The van der Waals surface area contributed by atoms with Gasteiger partial charge in [-0.15, -0.1) is 0 Å². The number of ether oxygens (including phenoxy) is 1. The number of rotatable bonds is 6. The number of aromatic nitrogens is 2. The number of hydrogen-bond acceptors (Lipinski definition) is 6. The lowest BCUT2D eigenvalue weighted by atomic mass is 10.0. The number of pyridine rings is 2. The van der Waals surface area contributed by atoms with Crippen molar-refractivity contribution in [1.82, 2.24) is 19.8 Å². The summed E-state index contributed by atoms with van der Waals surface area (Å²) in [7, 11) is 1.65. The zero-order valence-corrected chi connectivity index (χ0v) is 26.4. The van der Waals surface area contributed by atoms with Crippen molar-refractivity contribution in [1.29, 1.82) is 0 Å². The number of hydrogen-bond donors (Lipinski definition) is 0. The van der Waals surface area contributed by atoms with E-state index in [2.05, 4.69) is 9.98 Å². The zero-order chi connectivity index (χ0) is 31.5. The van der Waals surface area contributed by atoms with Crippen molar-refractivity contribution < 1.29 is 18.7 Å². The number of halogens is 2. The highest BCUT2D eigenvalue weighted by Gasteiger charge is 2.31. The standard InChI is InChI=1S/C32H38ClFN6O3/c1-20(2)26-28(21(3)12-13-36-26)40(19-41)30-23(18-24(33)27(37-30)22-10-8-9-11-25(22)34)29(35-7)38-14-16-39(17-15-38)31(42)43-32(4,5)6/h8-13,18-20H,14-17H2,1-7H3. The molecule has 1 saturated heterocycles. The van der Waals surface area contributed by atoms with Crippen LogP contribution in [0.2, 0.25) is 5.02 Å². The Labute approximate surface area is 257 Å². The highest BCUT2D eigenvalue weighted by atomic mass is 35.5. The number of anilines is 2. The number of aryl methyl sites for hydroxylation is 1. The first-order chi connectivity index (χ1) is 20.4. The highest BCUT2D eigenvalue weighted by Crippen LogP contribution is 2.38. The third kappa shape index (κ3) is 6.96. The van der Waals surface area contributed by atoms with Crippen LogP contribution in [0.3, 0.4) is 0 Å². The Hall–Kier alpha value is -4.05. The van der Waals surface area contributed by atoms with Crippen molar-refractivity contribution in [3.8, 4) is 11.3 Å². The third-order valence-corrected chi connectivity index (χ3v) is 7.33. The highest BCUT2D eigenvalue weighted by molar-refractivity contribution is 6.33. The lowest BCUT2D eigenvalue weighted by Gasteiger charge is -2.37. The molecule has 0 spiro atoms. The van der Waals surface area contributed by atoms with E-state index < -0.39 is 11.4 Å². The van der Waals surface area contributed by atoms with E-state index in [4.69, 9.17) is 21.3 Å². The molecule has 1 fully saturated rings. The van der Waals surface area contributed by atoms with Gasteiger partial charge in [0.1, 0.15) is 17.3 Å². The molecule has 43 heavy (non-hydrogen) atoms. The zero-order valence-electron chi connectivity index (χ0n) is 25.7. The van der Waals surface area contributed by atoms with Gasteiger partial charge in [0.25, 0.3) is 0 Å². The van der Waals surface area contributed by atoms with Crippen molar-refractivity contribution in [2.75, 3.05) is 38.1 Å². The Kier molecular flexibility index (Phi) is 9.69. The predicted molar refractivity (Wildman–Crippen MR) is 168 cm³/mol. The van der Waals surface area contributed by atoms with Gasteiger partial charge in [-0.1, -0.05) is 37.6 Å². The van der Waals surface area contributed by atoms with Crippen LogP contribution >= 0.6 is 11.6 Å².